The monoisotopic (exact) mass is 389 g/mol. The first-order valence-corrected chi connectivity index (χ1v) is 9.52. The maximum absolute atomic E-state index is 12.3. The van der Waals surface area contributed by atoms with Gasteiger partial charge in [0.25, 0.3) is 10.0 Å². The first-order valence-electron chi connectivity index (χ1n) is 6.43. The first kappa shape index (κ1) is 16.5. The average molecular weight is 390 g/mol. The largest absolute Gasteiger partial charge is 0.494 e. The van der Waals surface area contributed by atoms with Crippen molar-refractivity contribution < 1.29 is 13.2 Å². The van der Waals surface area contributed by atoms with Crippen molar-refractivity contribution in [3.8, 4) is 5.75 Å². The number of thiophene rings is 1. The SMILES string of the molecule is CCOc1ccc([C@H](C)NS(=O)(=O)c2ccc(Br)s2)cc1. The Kier molecular flexibility index (Phi) is 5.43. The Bertz CT molecular complexity index is 695. The number of ether oxygens (including phenoxy) is 1. The van der Waals surface area contributed by atoms with Crippen LogP contribution in [0.4, 0.5) is 0 Å². The molecule has 1 atom stereocenters. The lowest BCUT2D eigenvalue weighted by molar-refractivity contribution is 0.340. The molecular weight excluding hydrogens is 374 g/mol. The van der Waals surface area contributed by atoms with Gasteiger partial charge < -0.3 is 4.74 Å². The van der Waals surface area contributed by atoms with Gasteiger partial charge in [0.2, 0.25) is 0 Å². The minimum absolute atomic E-state index is 0.298. The van der Waals surface area contributed by atoms with Crippen molar-refractivity contribution in [1.29, 1.82) is 0 Å². The van der Waals surface area contributed by atoms with E-state index >= 15 is 0 Å². The molecule has 21 heavy (non-hydrogen) atoms. The summed E-state index contributed by atoms with van der Waals surface area (Å²) in [6.07, 6.45) is 0. The van der Waals surface area contributed by atoms with E-state index in [9.17, 15) is 8.42 Å². The van der Waals surface area contributed by atoms with E-state index < -0.39 is 10.0 Å². The van der Waals surface area contributed by atoms with Crippen molar-refractivity contribution in [3.05, 3.63) is 45.7 Å². The highest BCUT2D eigenvalue weighted by Gasteiger charge is 2.20. The lowest BCUT2D eigenvalue weighted by atomic mass is 10.1. The summed E-state index contributed by atoms with van der Waals surface area (Å²) in [7, 11) is -3.50. The van der Waals surface area contributed by atoms with Gasteiger partial charge in [-0.25, -0.2) is 13.1 Å². The van der Waals surface area contributed by atoms with Crippen molar-refractivity contribution in [1.82, 2.24) is 4.72 Å². The molecule has 1 aromatic heterocycles. The van der Waals surface area contributed by atoms with Gasteiger partial charge in [-0.3, -0.25) is 0 Å². The Morgan fingerprint density at radius 1 is 1.24 bits per heavy atom. The molecule has 0 spiro atoms. The maximum Gasteiger partial charge on any atom is 0.250 e. The number of rotatable bonds is 6. The summed E-state index contributed by atoms with van der Waals surface area (Å²) in [5.41, 5.74) is 0.887. The van der Waals surface area contributed by atoms with E-state index in [0.717, 1.165) is 15.1 Å². The fourth-order valence-electron chi connectivity index (χ4n) is 1.82. The van der Waals surface area contributed by atoms with Crippen LogP contribution in [0.1, 0.15) is 25.5 Å². The van der Waals surface area contributed by atoms with Crippen LogP contribution in [0.2, 0.25) is 0 Å². The van der Waals surface area contributed by atoms with Gasteiger partial charge in [0.15, 0.2) is 0 Å². The molecule has 0 amide bonds. The van der Waals surface area contributed by atoms with E-state index in [1.807, 2.05) is 38.1 Å². The van der Waals surface area contributed by atoms with Gasteiger partial charge in [0.1, 0.15) is 9.96 Å². The third kappa shape index (κ3) is 4.29. The van der Waals surface area contributed by atoms with Crippen molar-refractivity contribution in [3.63, 3.8) is 0 Å². The quantitative estimate of drug-likeness (QED) is 0.813. The highest BCUT2D eigenvalue weighted by Crippen LogP contribution is 2.27. The molecule has 4 nitrogen and oxygen atoms in total. The van der Waals surface area contributed by atoms with Crippen molar-refractivity contribution in [2.75, 3.05) is 6.61 Å². The Morgan fingerprint density at radius 2 is 1.90 bits per heavy atom. The summed E-state index contributed by atoms with van der Waals surface area (Å²) in [4.78, 5) is 0. The number of nitrogens with one attached hydrogen (secondary N) is 1. The predicted octanol–water partition coefficient (Wildman–Crippen LogP) is 3.95. The van der Waals surface area contributed by atoms with E-state index in [0.29, 0.717) is 10.8 Å². The van der Waals surface area contributed by atoms with Gasteiger partial charge >= 0.3 is 0 Å². The molecule has 1 aromatic carbocycles. The van der Waals surface area contributed by atoms with Crippen LogP contribution < -0.4 is 9.46 Å². The lowest BCUT2D eigenvalue weighted by Gasteiger charge is -2.14. The zero-order valence-corrected chi connectivity index (χ0v) is 14.9. The smallest absolute Gasteiger partial charge is 0.250 e. The molecule has 7 heteroatoms. The highest BCUT2D eigenvalue weighted by atomic mass is 79.9. The van der Waals surface area contributed by atoms with Crippen LogP contribution >= 0.6 is 27.3 Å². The van der Waals surface area contributed by atoms with E-state index in [4.69, 9.17) is 4.74 Å². The average Bonchev–Trinajstić information content (AvgIpc) is 2.87. The van der Waals surface area contributed by atoms with Crippen LogP contribution in [0.25, 0.3) is 0 Å². The highest BCUT2D eigenvalue weighted by molar-refractivity contribution is 9.11. The van der Waals surface area contributed by atoms with Crippen molar-refractivity contribution >= 4 is 37.3 Å². The molecule has 0 aliphatic carbocycles. The first-order chi connectivity index (χ1) is 9.92. The molecule has 1 N–H and O–H groups in total. The third-order valence-electron chi connectivity index (χ3n) is 2.84. The fraction of sp³-hybridized carbons (Fsp3) is 0.286. The zero-order chi connectivity index (χ0) is 15.5. The summed E-state index contributed by atoms with van der Waals surface area (Å²) in [5, 5.41) is 0. The van der Waals surface area contributed by atoms with E-state index in [1.54, 1.807) is 12.1 Å². The summed E-state index contributed by atoms with van der Waals surface area (Å²) in [6.45, 7) is 4.34. The predicted molar refractivity (Wildman–Crippen MR) is 88.4 cm³/mol. The van der Waals surface area contributed by atoms with Gasteiger partial charge in [-0.15, -0.1) is 11.3 Å². The summed E-state index contributed by atoms with van der Waals surface area (Å²) in [5.74, 6) is 0.776. The van der Waals surface area contributed by atoms with Crippen LogP contribution in [0, 0.1) is 0 Å². The molecule has 1 heterocycles. The Morgan fingerprint density at radius 3 is 2.43 bits per heavy atom. The fourth-order valence-corrected chi connectivity index (χ4v) is 5.08. The lowest BCUT2D eigenvalue weighted by Crippen LogP contribution is -2.26. The molecule has 0 saturated carbocycles. The number of halogens is 1. The summed E-state index contributed by atoms with van der Waals surface area (Å²) in [6, 6.07) is 10.4. The van der Waals surface area contributed by atoms with E-state index in [1.165, 1.54) is 11.3 Å². The van der Waals surface area contributed by atoms with E-state index in [-0.39, 0.29) is 6.04 Å². The van der Waals surface area contributed by atoms with E-state index in [2.05, 4.69) is 20.7 Å². The minimum atomic E-state index is -3.50. The maximum atomic E-state index is 12.3. The van der Waals surface area contributed by atoms with Crippen LogP contribution in [-0.2, 0) is 10.0 Å². The van der Waals surface area contributed by atoms with Gasteiger partial charge in [0.05, 0.1) is 10.4 Å². The molecule has 0 fully saturated rings. The van der Waals surface area contributed by atoms with Gasteiger partial charge in [-0.1, -0.05) is 12.1 Å². The molecule has 0 unspecified atom stereocenters. The van der Waals surface area contributed by atoms with Crippen LogP contribution in [0.15, 0.2) is 44.4 Å². The number of hydrogen-bond acceptors (Lipinski definition) is 4. The number of sulfonamides is 1. The third-order valence-corrected chi connectivity index (χ3v) is 6.49. The van der Waals surface area contributed by atoms with Gasteiger partial charge in [-0.2, -0.15) is 0 Å². The Hall–Kier alpha value is -0.890. The number of benzene rings is 1. The Labute approximate surface area is 137 Å². The summed E-state index contributed by atoms with van der Waals surface area (Å²) >= 11 is 4.46. The molecule has 0 bridgehead atoms. The van der Waals surface area contributed by atoms with Crippen molar-refractivity contribution in [2.45, 2.75) is 24.1 Å². The molecule has 114 valence electrons. The topological polar surface area (TPSA) is 55.4 Å². The molecule has 0 aliphatic heterocycles. The van der Waals surface area contributed by atoms with Crippen LogP contribution in [-0.4, -0.2) is 15.0 Å². The van der Waals surface area contributed by atoms with Gasteiger partial charge in [-0.05, 0) is 59.6 Å². The second-order valence-electron chi connectivity index (χ2n) is 4.40. The van der Waals surface area contributed by atoms with Crippen LogP contribution in [0.5, 0.6) is 5.75 Å². The molecule has 0 saturated heterocycles. The Balaban J connectivity index is 2.11. The molecule has 0 radical (unpaired) electrons. The molecule has 2 aromatic rings. The number of hydrogen-bond donors (Lipinski definition) is 1. The summed E-state index contributed by atoms with van der Waals surface area (Å²) < 4.78 is 33.6. The molecule has 0 aliphatic rings. The normalized spacial score (nSPS) is 13.1. The second-order valence-corrected chi connectivity index (χ2v) is 8.81. The second kappa shape index (κ2) is 6.91. The molecule has 2 rings (SSSR count). The minimum Gasteiger partial charge on any atom is -0.494 e. The van der Waals surface area contributed by atoms with Gasteiger partial charge in [0, 0.05) is 6.04 Å². The van der Waals surface area contributed by atoms with Crippen molar-refractivity contribution in [2.24, 2.45) is 0 Å². The van der Waals surface area contributed by atoms with Crippen LogP contribution in [0.3, 0.4) is 0 Å². The molecular formula is C14H16BrNO3S2. The standard InChI is InChI=1S/C14H16BrNO3S2/c1-3-19-12-6-4-11(5-7-12)10(2)16-21(17,18)14-9-8-13(15)20-14/h4-10,16H,3H2,1-2H3/t10-/m0/s1. The zero-order valence-electron chi connectivity index (χ0n) is 11.7.